The topological polar surface area (TPSA) is 110 Å². The van der Waals surface area contributed by atoms with Crippen LogP contribution in [-0.2, 0) is 23.8 Å². The molecule has 0 radical (unpaired) electrons. The lowest BCUT2D eigenvalue weighted by Crippen LogP contribution is -2.52. The number of hydrogen-bond acceptors (Lipinski definition) is 6. The highest BCUT2D eigenvalue weighted by Crippen LogP contribution is 2.33. The third-order valence-corrected chi connectivity index (χ3v) is 3.61. The molecule has 2 atom stereocenters. The minimum absolute atomic E-state index is 0.130. The van der Waals surface area contributed by atoms with Gasteiger partial charge in [-0.1, -0.05) is 0 Å². The largest absolute Gasteiger partial charge is 0.480 e. The lowest BCUT2D eigenvalue weighted by molar-refractivity contribution is -0.148. The van der Waals surface area contributed by atoms with Crippen LogP contribution < -0.4 is 0 Å². The van der Waals surface area contributed by atoms with Gasteiger partial charge in [0.25, 0.3) is 10.1 Å². The van der Waals surface area contributed by atoms with Crippen molar-refractivity contribution in [2.75, 3.05) is 12.8 Å². The van der Waals surface area contributed by atoms with E-state index in [1.165, 1.54) is 6.92 Å². The second-order valence-corrected chi connectivity index (χ2v) is 7.90. The first-order valence-corrected chi connectivity index (χ1v) is 8.18. The number of rotatable bonds is 3. The maximum absolute atomic E-state index is 12.1. The van der Waals surface area contributed by atoms with Crippen molar-refractivity contribution in [2.45, 2.75) is 51.4 Å². The Morgan fingerprint density at radius 3 is 2.24 bits per heavy atom. The van der Waals surface area contributed by atoms with Crippen LogP contribution in [0.5, 0.6) is 0 Å². The van der Waals surface area contributed by atoms with Crippen molar-refractivity contribution >= 4 is 22.2 Å². The molecular weight excluding hydrogens is 302 g/mol. The number of carboxylic acids is 1. The van der Waals surface area contributed by atoms with Gasteiger partial charge in [-0.2, -0.15) is 8.42 Å². The van der Waals surface area contributed by atoms with Gasteiger partial charge in [-0.15, -0.1) is 0 Å². The summed E-state index contributed by atoms with van der Waals surface area (Å²) in [6, 6.07) is 0. The van der Waals surface area contributed by atoms with Crippen LogP contribution in [0.15, 0.2) is 0 Å². The Balaban J connectivity index is 2.99. The van der Waals surface area contributed by atoms with Crippen LogP contribution in [0.3, 0.4) is 0 Å². The van der Waals surface area contributed by atoms with E-state index in [2.05, 4.69) is 0 Å². The second-order valence-electron chi connectivity index (χ2n) is 6.30. The smallest absolute Gasteiger partial charge is 0.411 e. The normalized spacial score (nSPS) is 26.7. The summed E-state index contributed by atoms with van der Waals surface area (Å²) in [5.74, 6) is -1.24. The Kier molecular flexibility index (Phi) is 4.59. The molecule has 21 heavy (non-hydrogen) atoms. The van der Waals surface area contributed by atoms with E-state index in [1.807, 2.05) is 0 Å². The first-order chi connectivity index (χ1) is 9.24. The number of likely N-dealkylation sites (tertiary alicyclic amines) is 1. The molecule has 0 aromatic carbocycles. The Labute approximate surface area is 124 Å². The maximum Gasteiger partial charge on any atom is 0.411 e. The van der Waals surface area contributed by atoms with Crippen molar-refractivity contribution < 1.29 is 32.0 Å². The standard InChI is InChI=1S/C12H21NO7S/c1-11(2,3)19-10(16)13-7-8(20-21(5,17)18)6-12(13,4)9(14)15/h8H,6-7H2,1-5H3,(H,14,15)/t8-,12+/m1/s1. The lowest BCUT2D eigenvalue weighted by Gasteiger charge is -2.32. The van der Waals surface area contributed by atoms with Crippen molar-refractivity contribution in [3.63, 3.8) is 0 Å². The molecule has 0 saturated carbocycles. The number of hydrogen-bond donors (Lipinski definition) is 1. The summed E-state index contributed by atoms with van der Waals surface area (Å²) in [4.78, 5) is 24.6. The van der Waals surface area contributed by atoms with Crippen molar-refractivity contribution in [3.05, 3.63) is 0 Å². The highest BCUT2D eigenvalue weighted by atomic mass is 32.2. The van der Waals surface area contributed by atoms with E-state index in [9.17, 15) is 23.1 Å². The molecule has 1 N–H and O–H groups in total. The summed E-state index contributed by atoms with van der Waals surface area (Å²) < 4.78 is 32.3. The van der Waals surface area contributed by atoms with E-state index < -0.39 is 39.4 Å². The van der Waals surface area contributed by atoms with Crippen molar-refractivity contribution in [1.82, 2.24) is 4.90 Å². The van der Waals surface area contributed by atoms with Gasteiger partial charge in [-0.05, 0) is 27.7 Å². The number of nitrogens with zero attached hydrogens (tertiary/aromatic N) is 1. The Morgan fingerprint density at radius 2 is 1.86 bits per heavy atom. The first-order valence-electron chi connectivity index (χ1n) is 6.37. The minimum Gasteiger partial charge on any atom is -0.480 e. The number of carboxylic acid groups (broad SMARTS) is 1. The minimum atomic E-state index is -3.74. The molecule has 1 saturated heterocycles. The van der Waals surface area contributed by atoms with Gasteiger partial charge in [-0.3, -0.25) is 9.08 Å². The number of amides is 1. The molecule has 0 bridgehead atoms. The molecule has 1 aliphatic rings. The van der Waals surface area contributed by atoms with Crippen LogP contribution in [-0.4, -0.2) is 60.5 Å². The summed E-state index contributed by atoms with van der Waals surface area (Å²) in [6.45, 7) is 6.15. The molecule has 1 rings (SSSR count). The molecule has 0 aromatic heterocycles. The van der Waals surface area contributed by atoms with Gasteiger partial charge < -0.3 is 9.84 Å². The second kappa shape index (κ2) is 5.45. The fourth-order valence-corrected chi connectivity index (χ4v) is 2.75. The van der Waals surface area contributed by atoms with Crippen molar-refractivity contribution in [1.29, 1.82) is 0 Å². The van der Waals surface area contributed by atoms with E-state index >= 15 is 0 Å². The van der Waals surface area contributed by atoms with Gasteiger partial charge in [0.2, 0.25) is 0 Å². The molecule has 122 valence electrons. The van der Waals surface area contributed by atoms with Gasteiger partial charge in [0.05, 0.1) is 18.9 Å². The van der Waals surface area contributed by atoms with E-state index in [1.54, 1.807) is 20.8 Å². The number of carbonyl (C=O) groups is 2. The van der Waals surface area contributed by atoms with Gasteiger partial charge in [-0.25, -0.2) is 9.59 Å². The average molecular weight is 323 g/mol. The third-order valence-electron chi connectivity index (χ3n) is 2.99. The summed E-state index contributed by atoms with van der Waals surface area (Å²) in [5, 5.41) is 9.35. The molecule has 0 unspecified atom stereocenters. The highest BCUT2D eigenvalue weighted by molar-refractivity contribution is 7.86. The molecule has 9 heteroatoms. The summed E-state index contributed by atoms with van der Waals surface area (Å²) in [7, 11) is -3.74. The summed E-state index contributed by atoms with van der Waals surface area (Å²) in [6.07, 6.45) is -0.976. The fraction of sp³-hybridized carbons (Fsp3) is 0.833. The van der Waals surface area contributed by atoms with Crippen LogP contribution in [0.25, 0.3) is 0 Å². The molecular formula is C12H21NO7S. The van der Waals surface area contributed by atoms with E-state index in [4.69, 9.17) is 8.92 Å². The van der Waals surface area contributed by atoms with Crippen molar-refractivity contribution in [3.8, 4) is 0 Å². The fourth-order valence-electron chi connectivity index (χ4n) is 2.13. The average Bonchev–Trinajstić information content (AvgIpc) is 2.51. The van der Waals surface area contributed by atoms with Gasteiger partial charge >= 0.3 is 12.1 Å². The zero-order valence-electron chi connectivity index (χ0n) is 12.7. The molecule has 1 aliphatic heterocycles. The van der Waals surface area contributed by atoms with Crippen LogP contribution >= 0.6 is 0 Å². The van der Waals surface area contributed by atoms with E-state index in [-0.39, 0.29) is 13.0 Å². The molecule has 0 aliphatic carbocycles. The zero-order valence-corrected chi connectivity index (χ0v) is 13.6. The van der Waals surface area contributed by atoms with Crippen LogP contribution in [0.2, 0.25) is 0 Å². The first kappa shape index (κ1) is 17.7. The Bertz CT molecular complexity index is 536. The highest BCUT2D eigenvalue weighted by Gasteiger charge is 2.52. The monoisotopic (exact) mass is 323 g/mol. The molecule has 0 spiro atoms. The van der Waals surface area contributed by atoms with E-state index in [0.717, 1.165) is 11.2 Å². The van der Waals surface area contributed by atoms with E-state index in [0.29, 0.717) is 0 Å². The summed E-state index contributed by atoms with van der Waals surface area (Å²) >= 11 is 0. The predicted octanol–water partition coefficient (Wildman–Crippen LogP) is 0.815. The molecule has 1 amide bonds. The van der Waals surface area contributed by atoms with Crippen molar-refractivity contribution in [2.24, 2.45) is 0 Å². The predicted molar refractivity (Wildman–Crippen MR) is 73.3 cm³/mol. The molecule has 1 fully saturated rings. The van der Waals surface area contributed by atoms with Crippen LogP contribution in [0.4, 0.5) is 4.79 Å². The van der Waals surface area contributed by atoms with Crippen LogP contribution in [0, 0.1) is 0 Å². The lowest BCUT2D eigenvalue weighted by atomic mass is 9.99. The SMILES string of the molecule is CC(C)(C)OC(=O)N1C[C@H](OS(C)(=O)=O)C[C@@]1(C)C(=O)O. The number of ether oxygens (including phenoxy) is 1. The molecule has 0 aromatic rings. The van der Waals surface area contributed by atoms with Gasteiger partial charge in [0, 0.05) is 6.42 Å². The molecule has 8 nitrogen and oxygen atoms in total. The quantitative estimate of drug-likeness (QED) is 0.765. The zero-order chi connectivity index (χ0) is 16.6. The maximum atomic E-state index is 12.1. The van der Waals surface area contributed by atoms with Gasteiger partial charge in [0.15, 0.2) is 0 Å². The Morgan fingerprint density at radius 1 is 1.33 bits per heavy atom. The number of carbonyl (C=O) groups excluding carboxylic acids is 1. The Hall–Kier alpha value is -1.35. The molecule has 1 heterocycles. The third kappa shape index (κ3) is 4.57. The van der Waals surface area contributed by atoms with Gasteiger partial charge in [0.1, 0.15) is 11.1 Å². The summed E-state index contributed by atoms with van der Waals surface area (Å²) in [5.41, 5.74) is -2.36. The van der Waals surface area contributed by atoms with Crippen LogP contribution in [0.1, 0.15) is 34.1 Å². The number of aliphatic carboxylic acids is 1.